The number of amides is 1. The van der Waals surface area contributed by atoms with E-state index in [2.05, 4.69) is 20.5 Å². The first-order chi connectivity index (χ1) is 12.7. The third kappa shape index (κ3) is 4.28. The second-order valence-corrected chi connectivity index (χ2v) is 7.52. The summed E-state index contributed by atoms with van der Waals surface area (Å²) < 4.78 is 0. The van der Waals surface area contributed by atoms with Crippen LogP contribution in [0.2, 0.25) is 0 Å². The maximum atomic E-state index is 12.4. The Morgan fingerprint density at radius 1 is 1.11 bits per heavy atom. The van der Waals surface area contributed by atoms with E-state index in [9.17, 15) is 4.79 Å². The average Bonchev–Trinajstić information content (AvgIpc) is 3.15. The van der Waals surface area contributed by atoms with E-state index in [4.69, 9.17) is 5.41 Å². The van der Waals surface area contributed by atoms with Crippen molar-refractivity contribution < 1.29 is 4.79 Å². The van der Waals surface area contributed by atoms with Crippen LogP contribution in [0.1, 0.15) is 47.8 Å². The van der Waals surface area contributed by atoms with Crippen molar-refractivity contribution in [2.75, 3.05) is 0 Å². The van der Waals surface area contributed by atoms with Crippen LogP contribution in [0, 0.1) is 12.3 Å². The minimum atomic E-state index is -0.317. The molecule has 0 bridgehead atoms. The third-order valence-electron chi connectivity index (χ3n) is 4.10. The van der Waals surface area contributed by atoms with Crippen LogP contribution < -0.4 is 5.32 Å². The van der Waals surface area contributed by atoms with Crippen LogP contribution in [-0.2, 0) is 0 Å². The van der Waals surface area contributed by atoms with Gasteiger partial charge >= 0.3 is 0 Å². The smallest absolute Gasteiger partial charge is 0.251 e. The fraction of sp³-hybridized carbons (Fsp3) is 0.238. The standard InChI is InChI=1S/C21H23N5O/c1-13-8-9-15(19-23-12-24-26-19)11-17(13)18(22)14-6-5-7-16(10-14)20(27)25-21(2,3)4/h5-12,22H,1-4H3,(H,25,27)(H,23,24,26). The Morgan fingerprint density at radius 3 is 2.52 bits per heavy atom. The van der Waals surface area contributed by atoms with Gasteiger partial charge in [0.1, 0.15) is 6.33 Å². The SMILES string of the molecule is Cc1ccc(-c2ncn[nH]2)cc1C(=N)c1cccc(C(=O)NC(C)(C)C)c1. The number of nitrogens with zero attached hydrogens (tertiary/aromatic N) is 2. The number of carbonyl (C=O) groups is 1. The van der Waals surface area contributed by atoms with Crippen molar-refractivity contribution in [1.82, 2.24) is 20.5 Å². The molecule has 0 atom stereocenters. The van der Waals surface area contributed by atoms with Gasteiger partial charge in [-0.15, -0.1) is 0 Å². The second kappa shape index (κ2) is 7.15. The van der Waals surface area contributed by atoms with E-state index in [0.717, 1.165) is 16.7 Å². The molecule has 0 saturated heterocycles. The number of rotatable bonds is 4. The van der Waals surface area contributed by atoms with Crippen molar-refractivity contribution in [3.63, 3.8) is 0 Å². The molecule has 0 radical (unpaired) electrons. The van der Waals surface area contributed by atoms with Gasteiger partial charge in [0.05, 0.1) is 5.71 Å². The number of aromatic nitrogens is 3. The van der Waals surface area contributed by atoms with Crippen LogP contribution in [0.15, 0.2) is 48.8 Å². The molecule has 6 nitrogen and oxygen atoms in total. The van der Waals surface area contributed by atoms with Crippen molar-refractivity contribution in [3.05, 3.63) is 71.0 Å². The van der Waals surface area contributed by atoms with Gasteiger partial charge in [0, 0.05) is 27.8 Å². The second-order valence-electron chi connectivity index (χ2n) is 7.52. The van der Waals surface area contributed by atoms with Crippen LogP contribution in [0.5, 0.6) is 0 Å². The van der Waals surface area contributed by atoms with Gasteiger partial charge in [0.25, 0.3) is 5.91 Å². The van der Waals surface area contributed by atoms with E-state index in [0.29, 0.717) is 22.7 Å². The fourth-order valence-electron chi connectivity index (χ4n) is 2.77. The Bertz CT molecular complexity index is 984. The highest BCUT2D eigenvalue weighted by Gasteiger charge is 2.17. The van der Waals surface area contributed by atoms with Gasteiger partial charge in [-0.2, -0.15) is 5.10 Å². The van der Waals surface area contributed by atoms with Crippen molar-refractivity contribution in [2.24, 2.45) is 0 Å². The predicted molar refractivity (Wildman–Crippen MR) is 106 cm³/mol. The molecule has 1 heterocycles. The van der Waals surface area contributed by atoms with E-state index >= 15 is 0 Å². The van der Waals surface area contributed by atoms with Crippen molar-refractivity contribution in [1.29, 1.82) is 5.41 Å². The molecule has 0 fully saturated rings. The summed E-state index contributed by atoms with van der Waals surface area (Å²) in [7, 11) is 0. The molecule has 0 aliphatic heterocycles. The third-order valence-corrected chi connectivity index (χ3v) is 4.10. The molecule has 138 valence electrons. The van der Waals surface area contributed by atoms with E-state index in [1.165, 1.54) is 6.33 Å². The van der Waals surface area contributed by atoms with Crippen molar-refractivity contribution >= 4 is 11.6 Å². The topological polar surface area (TPSA) is 94.5 Å². The summed E-state index contributed by atoms with van der Waals surface area (Å²) in [5, 5.41) is 18.3. The molecular weight excluding hydrogens is 338 g/mol. The summed E-state index contributed by atoms with van der Waals surface area (Å²) >= 11 is 0. The Kier molecular flexibility index (Phi) is 4.90. The molecule has 0 aliphatic rings. The largest absolute Gasteiger partial charge is 0.347 e. The number of hydrogen-bond acceptors (Lipinski definition) is 4. The number of benzene rings is 2. The van der Waals surface area contributed by atoms with Gasteiger partial charge in [0.15, 0.2) is 5.82 Å². The van der Waals surface area contributed by atoms with E-state index < -0.39 is 0 Å². The molecule has 2 aromatic carbocycles. The molecule has 1 amide bonds. The summed E-state index contributed by atoms with van der Waals surface area (Å²) in [5.41, 5.74) is 3.90. The zero-order valence-electron chi connectivity index (χ0n) is 15.9. The van der Waals surface area contributed by atoms with Crippen LogP contribution in [0.25, 0.3) is 11.4 Å². The van der Waals surface area contributed by atoms with Gasteiger partial charge < -0.3 is 5.32 Å². The first-order valence-corrected chi connectivity index (χ1v) is 8.73. The maximum absolute atomic E-state index is 12.4. The van der Waals surface area contributed by atoms with Gasteiger partial charge in [-0.05, 0) is 51.5 Å². The van der Waals surface area contributed by atoms with Crippen LogP contribution in [0.4, 0.5) is 0 Å². The van der Waals surface area contributed by atoms with Gasteiger partial charge in [-0.3, -0.25) is 15.3 Å². The molecule has 0 aliphatic carbocycles. The molecule has 3 N–H and O–H groups in total. The number of aryl methyl sites for hydroxylation is 1. The first kappa shape index (κ1) is 18.5. The highest BCUT2D eigenvalue weighted by molar-refractivity contribution is 6.13. The highest BCUT2D eigenvalue weighted by Crippen LogP contribution is 2.22. The van der Waals surface area contributed by atoms with Crippen LogP contribution in [0.3, 0.4) is 0 Å². The minimum absolute atomic E-state index is 0.149. The molecule has 0 saturated carbocycles. The van der Waals surface area contributed by atoms with E-state index in [1.54, 1.807) is 18.2 Å². The van der Waals surface area contributed by atoms with Crippen molar-refractivity contribution in [3.8, 4) is 11.4 Å². The van der Waals surface area contributed by atoms with Gasteiger partial charge in [0.2, 0.25) is 0 Å². The molecule has 1 aromatic heterocycles. The number of hydrogen-bond donors (Lipinski definition) is 3. The van der Waals surface area contributed by atoms with Gasteiger partial charge in [-0.25, -0.2) is 4.98 Å². The maximum Gasteiger partial charge on any atom is 0.251 e. The first-order valence-electron chi connectivity index (χ1n) is 8.73. The minimum Gasteiger partial charge on any atom is -0.347 e. The zero-order chi connectivity index (χ0) is 19.6. The Hall–Kier alpha value is -3.28. The number of H-pyrrole nitrogens is 1. The molecule has 27 heavy (non-hydrogen) atoms. The van der Waals surface area contributed by atoms with Crippen LogP contribution in [-0.4, -0.2) is 32.3 Å². The fourth-order valence-corrected chi connectivity index (χ4v) is 2.77. The summed E-state index contributed by atoms with van der Waals surface area (Å²) in [6.07, 6.45) is 1.46. The molecule has 0 unspecified atom stereocenters. The number of nitrogens with one attached hydrogen (secondary N) is 3. The lowest BCUT2D eigenvalue weighted by atomic mass is 9.95. The summed E-state index contributed by atoms with van der Waals surface area (Å²) in [6.45, 7) is 7.78. The van der Waals surface area contributed by atoms with Gasteiger partial charge in [-0.1, -0.05) is 24.3 Å². The quantitative estimate of drug-likeness (QED) is 0.618. The molecule has 6 heteroatoms. The summed E-state index contributed by atoms with van der Waals surface area (Å²) in [4.78, 5) is 16.6. The highest BCUT2D eigenvalue weighted by atomic mass is 16.1. The molecule has 3 aromatic rings. The normalized spacial score (nSPS) is 11.3. The molecule has 3 rings (SSSR count). The Balaban J connectivity index is 1.94. The Labute approximate surface area is 158 Å². The van der Waals surface area contributed by atoms with Crippen molar-refractivity contribution in [2.45, 2.75) is 33.2 Å². The zero-order valence-corrected chi connectivity index (χ0v) is 15.9. The summed E-state index contributed by atoms with van der Waals surface area (Å²) in [6, 6.07) is 13.0. The Morgan fingerprint density at radius 2 is 1.85 bits per heavy atom. The monoisotopic (exact) mass is 361 g/mol. The number of carbonyl (C=O) groups excluding carboxylic acids is 1. The molecular formula is C21H23N5O. The lowest BCUT2D eigenvalue weighted by Gasteiger charge is -2.20. The average molecular weight is 361 g/mol. The van der Waals surface area contributed by atoms with E-state index in [1.807, 2.05) is 52.0 Å². The molecule has 0 spiro atoms. The lowest BCUT2D eigenvalue weighted by molar-refractivity contribution is 0.0919. The van der Waals surface area contributed by atoms with Crippen LogP contribution >= 0.6 is 0 Å². The lowest BCUT2D eigenvalue weighted by Crippen LogP contribution is -2.40. The van der Waals surface area contributed by atoms with E-state index in [-0.39, 0.29) is 11.4 Å². The predicted octanol–water partition coefficient (Wildman–Crippen LogP) is 3.72. The summed E-state index contributed by atoms with van der Waals surface area (Å²) in [5.74, 6) is 0.506. The number of aromatic amines is 1.